The van der Waals surface area contributed by atoms with E-state index in [0.717, 1.165) is 153 Å². The quantitative estimate of drug-likeness (QED) is 0.116. The summed E-state index contributed by atoms with van der Waals surface area (Å²) in [6.07, 6.45) is 6.81. The van der Waals surface area contributed by atoms with E-state index >= 15 is 0 Å². The second kappa shape index (κ2) is 38.2. The Morgan fingerprint density at radius 1 is 0.228 bits per heavy atom. The molecular formula is C134H85N13O2. The lowest BCUT2D eigenvalue weighted by Gasteiger charge is -2.48. The lowest BCUT2D eigenvalue weighted by atomic mass is 9.61. The predicted octanol–water partition coefficient (Wildman–Crippen LogP) is 34.7. The van der Waals surface area contributed by atoms with E-state index in [9.17, 15) is 5.26 Å². The highest BCUT2D eigenvalue weighted by Crippen LogP contribution is 2.65. The van der Waals surface area contributed by atoms with Crippen molar-refractivity contribution in [3.05, 3.63) is 600 Å². The predicted molar refractivity (Wildman–Crippen MR) is 599 cm³/mol. The summed E-state index contributed by atoms with van der Waals surface area (Å²) in [5.74, 6) is 3.34. The molecule has 15 nitrogen and oxygen atoms in total. The minimum absolute atomic E-state index is 0.511. The number of aromatic nitrogens is 6. The lowest BCUT2D eigenvalue weighted by Crippen LogP contribution is -2.39. The third-order valence-electron chi connectivity index (χ3n) is 28.5. The lowest BCUT2D eigenvalue weighted by molar-refractivity contribution is 0.434. The summed E-state index contributed by atoms with van der Waals surface area (Å²) in [7, 11) is 0. The van der Waals surface area contributed by atoms with Crippen LogP contribution in [0.15, 0.2) is 516 Å². The number of hydrogen-bond acceptors (Lipinski definition) is 10. The van der Waals surface area contributed by atoms with Gasteiger partial charge in [-0.15, -0.1) is 0 Å². The van der Waals surface area contributed by atoms with Gasteiger partial charge in [-0.1, -0.05) is 322 Å². The van der Waals surface area contributed by atoms with E-state index in [2.05, 4.69) is 410 Å². The molecule has 0 fully saturated rings. The van der Waals surface area contributed by atoms with Crippen molar-refractivity contribution in [2.45, 2.75) is 10.8 Å². The molecule has 4 aliphatic heterocycles. The standard InChI is InChI=1S/C37H23N3O.C37H25N3.C36H22N4.C24H15N3O/c1-38-25-22-23-39-31(24-25)26-12-2-7-17-32(26)40-33-18-8-3-13-27(33)37(28-14-4-9-19-34(28)40)29-15-5-10-20-35(29)41-36-21-11-6-16-30(36)37;1-38-29-24-25-39-33(26-29)30-18-8-11-21-34(30)40-35-22-12-9-19-31(35)37(27-14-4-2-5-15-27,28-16-6-3-7-17-28)32-20-10-13-23-36(32)40;37-23-24-18-19-38-31(20-24)28-14-6-9-17-34(28)40-33-16-8-5-13-27(33)30-21-35-29(22-36(30)40)26-12-4-7-15-32(26)39(35)25-10-2-1-3-11-25;1-25-17-14-15-26-19(16-17)18-8-2-3-9-20(18)27-21-10-4-6-12-23(21)28-24-13-7-5-11-22(24)27/h2-24H;2-26H;1-22H;2-16H. The Labute approximate surface area is 861 Å². The Kier molecular flexibility index (Phi) is 22.9. The van der Waals surface area contributed by atoms with Crippen molar-refractivity contribution >= 4 is 112 Å². The van der Waals surface area contributed by atoms with Gasteiger partial charge in [-0.25, -0.2) is 14.5 Å². The van der Waals surface area contributed by atoms with Crippen molar-refractivity contribution < 1.29 is 9.47 Å². The molecule has 0 saturated carbocycles. The minimum Gasteiger partial charge on any atom is -0.457 e. The number of anilines is 9. The van der Waals surface area contributed by atoms with Gasteiger partial charge in [0.2, 0.25) is 0 Å². The first-order valence-electron chi connectivity index (χ1n) is 49.2. The Balaban J connectivity index is 0.000000104. The first-order chi connectivity index (χ1) is 73.8. The van der Waals surface area contributed by atoms with Crippen molar-refractivity contribution in [2.75, 3.05) is 14.7 Å². The van der Waals surface area contributed by atoms with Gasteiger partial charge >= 0.3 is 0 Å². The summed E-state index contributed by atoms with van der Waals surface area (Å²) in [6, 6.07) is 171. The van der Waals surface area contributed by atoms with Gasteiger partial charge in [-0.05, 0) is 203 Å². The van der Waals surface area contributed by atoms with Crippen LogP contribution in [0.3, 0.4) is 0 Å². The molecule has 1 spiro atoms. The number of ether oxygens (including phenoxy) is 2. The molecule has 0 saturated heterocycles. The van der Waals surface area contributed by atoms with Crippen molar-refractivity contribution in [1.29, 1.82) is 5.26 Å². The molecule has 18 aromatic carbocycles. The highest BCUT2D eigenvalue weighted by atomic mass is 16.5. The van der Waals surface area contributed by atoms with Crippen LogP contribution < -0.4 is 24.2 Å². The molecule has 15 heteroatoms. The number of rotatable bonds is 11. The van der Waals surface area contributed by atoms with E-state index in [4.69, 9.17) is 29.2 Å². The second-order valence-electron chi connectivity index (χ2n) is 36.5. The molecule has 4 aliphatic rings. The highest BCUT2D eigenvalue weighted by molar-refractivity contribution is 6.19. The molecule has 0 amide bonds. The topological polar surface area (TPSA) is 126 Å². The van der Waals surface area contributed by atoms with Crippen LogP contribution >= 0.6 is 0 Å². The number of nitriles is 1. The van der Waals surface area contributed by atoms with Crippen LogP contribution in [-0.4, -0.2) is 29.1 Å². The third-order valence-corrected chi connectivity index (χ3v) is 28.5. The van der Waals surface area contributed by atoms with Gasteiger partial charge in [0.25, 0.3) is 0 Å². The number of pyridine rings is 4. The first kappa shape index (κ1) is 89.5. The molecule has 28 rings (SSSR count). The van der Waals surface area contributed by atoms with Crippen LogP contribution in [0, 0.1) is 31.0 Å². The molecule has 0 aliphatic carbocycles. The van der Waals surface area contributed by atoms with E-state index in [0.29, 0.717) is 22.6 Å². The molecule has 0 bridgehead atoms. The fourth-order valence-electron chi connectivity index (χ4n) is 22.4. The van der Waals surface area contributed by atoms with E-state index in [1.54, 1.807) is 49.1 Å². The molecule has 24 aromatic rings. The molecule has 149 heavy (non-hydrogen) atoms. The monoisotopic (exact) mass is 1910 g/mol. The van der Waals surface area contributed by atoms with Crippen LogP contribution in [0.25, 0.3) is 115 Å². The summed E-state index contributed by atoms with van der Waals surface area (Å²) in [4.78, 5) is 36.3. The van der Waals surface area contributed by atoms with E-state index in [1.807, 2.05) is 121 Å². The smallest absolute Gasteiger partial charge is 0.190 e. The number of benzene rings is 18. The zero-order valence-corrected chi connectivity index (χ0v) is 80.2. The van der Waals surface area contributed by atoms with E-state index < -0.39 is 10.8 Å². The zero-order valence-electron chi connectivity index (χ0n) is 80.2. The summed E-state index contributed by atoms with van der Waals surface area (Å²) < 4.78 is 17.3. The number of nitrogens with zero attached hydrogens (tertiary/aromatic N) is 13. The highest BCUT2D eigenvalue weighted by Gasteiger charge is 2.52. The average Bonchev–Trinajstić information content (AvgIpc) is 1.37. The fourth-order valence-corrected chi connectivity index (χ4v) is 22.4. The maximum absolute atomic E-state index is 9.53. The largest absolute Gasteiger partial charge is 0.457 e. The zero-order chi connectivity index (χ0) is 99.9. The average molecular weight is 1910 g/mol. The Morgan fingerprint density at radius 3 is 0.926 bits per heavy atom. The summed E-state index contributed by atoms with van der Waals surface area (Å²) >= 11 is 0. The Morgan fingerprint density at radius 2 is 0.517 bits per heavy atom. The molecule has 6 aromatic heterocycles. The van der Waals surface area contributed by atoms with Gasteiger partial charge in [0.05, 0.1) is 144 Å². The maximum atomic E-state index is 9.53. The van der Waals surface area contributed by atoms with Crippen molar-refractivity contribution in [1.82, 2.24) is 29.1 Å². The van der Waals surface area contributed by atoms with Crippen LogP contribution in [0.5, 0.6) is 23.0 Å². The van der Waals surface area contributed by atoms with Crippen molar-refractivity contribution in [3.8, 4) is 85.5 Å². The molecule has 10 heterocycles. The Bertz CT molecular complexity index is 9330. The van der Waals surface area contributed by atoms with Crippen LogP contribution in [0.2, 0.25) is 0 Å². The number of para-hydroxylation sites is 17. The van der Waals surface area contributed by atoms with Crippen molar-refractivity contribution in [2.24, 2.45) is 0 Å². The van der Waals surface area contributed by atoms with E-state index in [1.165, 1.54) is 66.0 Å². The molecular weight excluding hydrogens is 1820 g/mol. The number of fused-ring (bicyclic) bond motifs is 18. The minimum atomic E-state index is -0.577. The second-order valence-corrected chi connectivity index (χ2v) is 36.5. The van der Waals surface area contributed by atoms with Gasteiger partial charge in [0.15, 0.2) is 28.6 Å². The van der Waals surface area contributed by atoms with Crippen LogP contribution in [0.4, 0.5) is 68.2 Å². The third kappa shape index (κ3) is 15.3. The van der Waals surface area contributed by atoms with Gasteiger partial charge in [0, 0.05) is 85.4 Å². The van der Waals surface area contributed by atoms with Gasteiger partial charge in [0.1, 0.15) is 11.5 Å². The van der Waals surface area contributed by atoms with Gasteiger partial charge in [-0.3, -0.25) is 19.9 Å². The fraction of sp³-hybridized carbons (Fsp3) is 0.0149. The van der Waals surface area contributed by atoms with Crippen LogP contribution in [0.1, 0.15) is 50.1 Å². The van der Waals surface area contributed by atoms with Crippen LogP contribution in [-0.2, 0) is 10.8 Å². The number of hydrogen-bond donors (Lipinski definition) is 0. The van der Waals surface area contributed by atoms with Gasteiger partial charge < -0.3 is 33.3 Å². The summed E-state index contributed by atoms with van der Waals surface area (Å²) in [6.45, 7) is 22.4. The summed E-state index contributed by atoms with van der Waals surface area (Å²) in [5, 5.41) is 14.3. The normalized spacial score (nSPS) is 12.6. The first-order valence-corrected chi connectivity index (χ1v) is 49.2. The maximum Gasteiger partial charge on any atom is 0.190 e. The molecule has 0 unspecified atom stereocenters. The van der Waals surface area contributed by atoms with Gasteiger partial charge in [-0.2, -0.15) is 5.26 Å². The Hall–Kier alpha value is -20.9. The van der Waals surface area contributed by atoms with E-state index in [-0.39, 0.29) is 0 Å². The molecule has 0 atom stereocenters. The molecule has 0 N–H and O–H groups in total. The molecule has 698 valence electrons. The molecule has 0 radical (unpaired) electrons. The summed E-state index contributed by atoms with van der Waals surface area (Å²) in [5.41, 5.74) is 33.8. The SMILES string of the molecule is N#Cc1ccnc(-c2ccccc2-n2c3ccccc3c3cc4c(cc32)c2ccccc2n4-c2ccccc2)c1.[C-]#[N+]c1ccnc(-c2ccccc2N2c3ccccc3C(c3ccccc3)(c3ccccc3)c3ccccc32)c1.[C-]#[N+]c1ccnc(-c2ccccc2N2c3ccccc3C3(c4ccccc4Oc4ccccc43)c3ccccc32)c1.[C-]#[N+]c1ccnc(-c2ccccc2N2c3ccccc3Oc3ccccc32)c1. The van der Waals surface area contributed by atoms with Crippen molar-refractivity contribution in [3.63, 3.8) is 0 Å².